The third-order valence-electron chi connectivity index (χ3n) is 6.17. The van der Waals surface area contributed by atoms with Gasteiger partial charge in [0.05, 0.1) is 21.1 Å². The molecule has 0 radical (unpaired) electrons. The van der Waals surface area contributed by atoms with E-state index >= 15 is 0 Å². The molecule has 2 aromatic heterocycles. The number of hydrogen-bond acceptors (Lipinski definition) is 4. The molecule has 5 rings (SSSR count). The second-order valence-electron chi connectivity index (χ2n) is 8.71. The van der Waals surface area contributed by atoms with E-state index in [1.165, 1.54) is 17.0 Å². The fraction of sp³-hybridized carbons (Fsp3) is 0.304. The van der Waals surface area contributed by atoms with E-state index in [1.807, 2.05) is 5.32 Å². The molecule has 0 unspecified atom stereocenters. The van der Waals surface area contributed by atoms with Crippen LogP contribution in [0.5, 0.6) is 0 Å². The van der Waals surface area contributed by atoms with E-state index in [9.17, 15) is 31.9 Å². The lowest BCUT2D eigenvalue weighted by atomic mass is 10.1. The van der Waals surface area contributed by atoms with Gasteiger partial charge in [-0.25, -0.2) is 14.2 Å². The molecule has 14 heteroatoms. The Morgan fingerprint density at radius 2 is 1.84 bits per heavy atom. The first-order valence-corrected chi connectivity index (χ1v) is 11.9. The van der Waals surface area contributed by atoms with Crippen LogP contribution in [-0.4, -0.2) is 46.8 Å². The van der Waals surface area contributed by atoms with Crippen molar-refractivity contribution >= 4 is 52.0 Å². The molecule has 3 heterocycles. The maximum absolute atomic E-state index is 13.9. The molecule has 3 aromatic rings. The Kier molecular flexibility index (Phi) is 6.27. The first-order valence-electron chi connectivity index (χ1n) is 11.1. The lowest BCUT2D eigenvalue weighted by Crippen LogP contribution is -2.48. The molecule has 1 atom stereocenters. The van der Waals surface area contributed by atoms with E-state index in [0.717, 1.165) is 22.9 Å². The van der Waals surface area contributed by atoms with E-state index in [2.05, 4.69) is 10.3 Å². The third kappa shape index (κ3) is 4.71. The first kappa shape index (κ1) is 25.3. The molecule has 1 saturated carbocycles. The monoisotopic (exact) mass is 557 g/mol. The molecule has 3 amide bonds. The summed E-state index contributed by atoms with van der Waals surface area (Å²) >= 11 is 12.5. The van der Waals surface area contributed by atoms with Crippen LogP contribution in [0.1, 0.15) is 23.2 Å². The molecule has 2 aliphatic rings. The number of rotatable bonds is 5. The number of benzene rings is 1. The predicted octanol–water partition coefficient (Wildman–Crippen LogP) is 4.43. The number of anilines is 1. The molecule has 2 fully saturated rings. The van der Waals surface area contributed by atoms with E-state index < -0.39 is 46.9 Å². The molecular weight excluding hydrogens is 541 g/mol. The van der Waals surface area contributed by atoms with Crippen LogP contribution in [0.25, 0.3) is 16.7 Å². The van der Waals surface area contributed by atoms with Crippen molar-refractivity contribution < 1.29 is 27.2 Å². The van der Waals surface area contributed by atoms with Crippen molar-refractivity contribution in [3.8, 4) is 5.69 Å². The average Bonchev–Trinajstić information content (AvgIpc) is 3.56. The quantitative estimate of drug-likeness (QED) is 0.453. The van der Waals surface area contributed by atoms with Crippen LogP contribution in [0.4, 0.5) is 28.2 Å². The third-order valence-corrected chi connectivity index (χ3v) is 6.75. The largest absolute Gasteiger partial charge is 0.408 e. The van der Waals surface area contributed by atoms with Gasteiger partial charge in [0.25, 0.3) is 5.91 Å². The second kappa shape index (κ2) is 9.18. The van der Waals surface area contributed by atoms with E-state index in [0.29, 0.717) is 25.9 Å². The van der Waals surface area contributed by atoms with Gasteiger partial charge in [0, 0.05) is 19.3 Å². The van der Waals surface area contributed by atoms with Crippen LogP contribution in [0.2, 0.25) is 10.0 Å². The Morgan fingerprint density at radius 3 is 2.41 bits per heavy atom. The number of nitrogens with one attached hydrogen (secondary N) is 2. The summed E-state index contributed by atoms with van der Waals surface area (Å²) in [6, 6.07) is 2.01. The standard InChI is InChI=1S/C23H17Cl2F4N5O3/c24-14-7-11(26)8-15(25)17(14)34-9-13(21(36)32-19(10-1-2-10)23(27,28)29)18(35)12-3-4-16(31-20(12)34)33-6-5-30-22(33)37/h3-4,7-10,19H,1-2,5-6H2,(H,30,37)(H,32,36)/t19-/m1/s1. The number of urea groups is 1. The van der Waals surface area contributed by atoms with Crippen LogP contribution >= 0.6 is 23.2 Å². The number of fused-ring (bicyclic) bond motifs is 1. The maximum atomic E-state index is 13.9. The summed E-state index contributed by atoms with van der Waals surface area (Å²) in [5, 5.41) is 3.98. The van der Waals surface area contributed by atoms with Gasteiger partial charge in [-0.3, -0.25) is 19.1 Å². The maximum Gasteiger partial charge on any atom is 0.408 e. The van der Waals surface area contributed by atoms with Crippen molar-refractivity contribution in [1.29, 1.82) is 0 Å². The van der Waals surface area contributed by atoms with Gasteiger partial charge in [0.15, 0.2) is 5.65 Å². The zero-order valence-electron chi connectivity index (χ0n) is 18.7. The molecule has 1 aliphatic heterocycles. The predicted molar refractivity (Wildman–Crippen MR) is 128 cm³/mol. The number of carbonyl (C=O) groups excluding carboxylic acids is 2. The van der Waals surface area contributed by atoms with Crippen LogP contribution < -0.4 is 21.0 Å². The number of aromatic nitrogens is 2. The Hall–Kier alpha value is -3.38. The Morgan fingerprint density at radius 1 is 1.16 bits per heavy atom. The van der Waals surface area contributed by atoms with Crippen molar-refractivity contribution in [3.05, 3.63) is 62.1 Å². The lowest BCUT2D eigenvalue weighted by Gasteiger charge is -2.22. The van der Waals surface area contributed by atoms with Crippen molar-refractivity contribution in [1.82, 2.24) is 20.2 Å². The van der Waals surface area contributed by atoms with E-state index in [-0.39, 0.29) is 32.6 Å². The van der Waals surface area contributed by atoms with Crippen molar-refractivity contribution in [2.75, 3.05) is 18.0 Å². The summed E-state index contributed by atoms with van der Waals surface area (Å²) in [5.74, 6) is -2.62. The molecular formula is C23H17Cl2F4N5O3. The van der Waals surface area contributed by atoms with Gasteiger partial charge in [-0.05, 0) is 43.0 Å². The highest BCUT2D eigenvalue weighted by atomic mass is 35.5. The van der Waals surface area contributed by atoms with Crippen molar-refractivity contribution in [2.45, 2.75) is 25.1 Å². The van der Waals surface area contributed by atoms with Gasteiger partial charge in [-0.2, -0.15) is 13.2 Å². The van der Waals surface area contributed by atoms with Crippen LogP contribution in [0.15, 0.2) is 35.3 Å². The fourth-order valence-corrected chi connectivity index (χ4v) is 4.89. The highest BCUT2D eigenvalue weighted by molar-refractivity contribution is 6.37. The zero-order valence-corrected chi connectivity index (χ0v) is 20.2. The summed E-state index contributed by atoms with van der Waals surface area (Å²) in [5.41, 5.74) is -1.66. The van der Waals surface area contributed by atoms with Gasteiger partial charge in [-0.1, -0.05) is 23.2 Å². The summed E-state index contributed by atoms with van der Waals surface area (Å²) in [6.07, 6.45) is -3.15. The van der Waals surface area contributed by atoms with Gasteiger partial charge in [0.2, 0.25) is 5.43 Å². The van der Waals surface area contributed by atoms with Crippen LogP contribution in [-0.2, 0) is 0 Å². The molecule has 194 valence electrons. The highest BCUT2D eigenvalue weighted by Crippen LogP contribution is 2.40. The zero-order chi connectivity index (χ0) is 26.6. The molecule has 0 spiro atoms. The smallest absolute Gasteiger partial charge is 0.340 e. The second-order valence-corrected chi connectivity index (χ2v) is 9.53. The molecule has 2 N–H and O–H groups in total. The van der Waals surface area contributed by atoms with Gasteiger partial charge in [-0.15, -0.1) is 0 Å². The summed E-state index contributed by atoms with van der Waals surface area (Å²) in [7, 11) is 0. The summed E-state index contributed by atoms with van der Waals surface area (Å²) in [4.78, 5) is 44.1. The molecule has 8 nitrogen and oxygen atoms in total. The first-order chi connectivity index (χ1) is 17.5. The topological polar surface area (TPSA) is 96.3 Å². The van der Waals surface area contributed by atoms with Gasteiger partial charge < -0.3 is 10.6 Å². The normalized spacial score (nSPS) is 16.7. The van der Waals surface area contributed by atoms with E-state index in [1.54, 1.807) is 0 Å². The molecule has 1 aromatic carbocycles. The molecule has 1 saturated heterocycles. The fourth-order valence-electron chi connectivity index (χ4n) is 4.25. The van der Waals surface area contributed by atoms with E-state index in [4.69, 9.17) is 23.2 Å². The van der Waals surface area contributed by atoms with Crippen LogP contribution in [0, 0.1) is 11.7 Å². The summed E-state index contributed by atoms with van der Waals surface area (Å²) < 4.78 is 55.6. The van der Waals surface area contributed by atoms with Crippen molar-refractivity contribution in [3.63, 3.8) is 0 Å². The highest BCUT2D eigenvalue weighted by Gasteiger charge is 2.50. The lowest BCUT2D eigenvalue weighted by molar-refractivity contribution is -0.158. The molecule has 1 aliphatic carbocycles. The van der Waals surface area contributed by atoms with Crippen LogP contribution in [0.3, 0.4) is 0 Å². The van der Waals surface area contributed by atoms with Gasteiger partial charge in [0.1, 0.15) is 23.2 Å². The molecule has 37 heavy (non-hydrogen) atoms. The SMILES string of the molecule is O=C(N[C@H](C1CC1)C(F)(F)F)c1cn(-c2c(Cl)cc(F)cc2Cl)c2nc(N3CCNC3=O)ccc2c1=O. The number of alkyl halides is 3. The average molecular weight is 558 g/mol. The Bertz CT molecular complexity index is 1480. The number of amides is 3. The van der Waals surface area contributed by atoms with Crippen molar-refractivity contribution in [2.24, 2.45) is 5.92 Å². The molecule has 0 bridgehead atoms. The Labute approximate surface area is 216 Å². The minimum Gasteiger partial charge on any atom is -0.340 e. The minimum atomic E-state index is -4.71. The summed E-state index contributed by atoms with van der Waals surface area (Å²) in [6.45, 7) is 0.654. The Balaban J connectivity index is 1.71. The number of nitrogens with zero attached hydrogens (tertiary/aromatic N) is 3. The number of carbonyl (C=O) groups is 2. The minimum absolute atomic E-state index is 0.0612. The number of hydrogen-bond donors (Lipinski definition) is 2. The number of pyridine rings is 2. The van der Waals surface area contributed by atoms with Gasteiger partial charge >= 0.3 is 12.2 Å². The number of halogens is 6.